The number of fused-ring (bicyclic) bond motifs is 1. The Bertz CT molecular complexity index is 817. The Kier molecular flexibility index (Phi) is 5.86. The first-order valence-corrected chi connectivity index (χ1v) is 10.3. The SMILES string of the molecule is O=C(NCCCO)C1CCN(c2nc(-c3ccccc3)nc3c2CCC3)CC1. The average Bonchev–Trinajstić information content (AvgIpc) is 3.23. The molecule has 1 saturated heterocycles. The molecule has 1 aliphatic carbocycles. The smallest absolute Gasteiger partial charge is 0.223 e. The van der Waals surface area contributed by atoms with Gasteiger partial charge in [0.05, 0.1) is 0 Å². The summed E-state index contributed by atoms with van der Waals surface area (Å²) in [6.45, 7) is 2.35. The number of rotatable bonds is 6. The van der Waals surface area contributed by atoms with Gasteiger partial charge in [0, 0.05) is 49.0 Å². The molecule has 1 fully saturated rings. The molecule has 6 nitrogen and oxygen atoms in total. The number of carbonyl (C=O) groups excluding carboxylic acids is 1. The van der Waals surface area contributed by atoms with E-state index in [2.05, 4.69) is 22.3 Å². The highest BCUT2D eigenvalue weighted by atomic mass is 16.3. The summed E-state index contributed by atoms with van der Waals surface area (Å²) in [6.07, 6.45) is 5.49. The van der Waals surface area contributed by atoms with E-state index in [1.54, 1.807) is 0 Å². The van der Waals surface area contributed by atoms with E-state index in [1.807, 2.05) is 18.2 Å². The Morgan fingerprint density at radius 3 is 2.68 bits per heavy atom. The average molecular weight is 380 g/mol. The minimum Gasteiger partial charge on any atom is -0.396 e. The van der Waals surface area contributed by atoms with Gasteiger partial charge in [0.15, 0.2) is 5.82 Å². The first-order valence-electron chi connectivity index (χ1n) is 10.3. The number of aromatic nitrogens is 2. The van der Waals surface area contributed by atoms with E-state index in [0.29, 0.717) is 13.0 Å². The van der Waals surface area contributed by atoms with E-state index in [9.17, 15) is 4.79 Å². The number of anilines is 1. The second-order valence-corrected chi connectivity index (χ2v) is 7.65. The third kappa shape index (κ3) is 4.02. The van der Waals surface area contributed by atoms with Crippen molar-refractivity contribution in [2.24, 2.45) is 5.92 Å². The van der Waals surface area contributed by atoms with Crippen molar-refractivity contribution in [2.45, 2.75) is 38.5 Å². The molecule has 1 amide bonds. The molecule has 2 aromatic rings. The maximum atomic E-state index is 12.3. The van der Waals surface area contributed by atoms with Gasteiger partial charge in [0.25, 0.3) is 0 Å². The zero-order chi connectivity index (χ0) is 19.3. The van der Waals surface area contributed by atoms with Crippen LogP contribution in [0, 0.1) is 5.92 Å². The third-order valence-electron chi connectivity index (χ3n) is 5.74. The van der Waals surface area contributed by atoms with E-state index in [1.165, 1.54) is 11.3 Å². The van der Waals surface area contributed by atoms with Crippen LogP contribution in [0.5, 0.6) is 0 Å². The molecule has 1 aromatic carbocycles. The molecule has 148 valence electrons. The number of hydrogen-bond acceptors (Lipinski definition) is 5. The van der Waals surface area contributed by atoms with Crippen LogP contribution >= 0.6 is 0 Å². The Morgan fingerprint density at radius 2 is 1.93 bits per heavy atom. The summed E-state index contributed by atoms with van der Waals surface area (Å²) < 4.78 is 0. The van der Waals surface area contributed by atoms with Crippen molar-refractivity contribution in [1.82, 2.24) is 15.3 Å². The van der Waals surface area contributed by atoms with Crippen molar-refractivity contribution in [3.05, 3.63) is 41.6 Å². The van der Waals surface area contributed by atoms with Gasteiger partial charge in [0.1, 0.15) is 5.82 Å². The molecule has 6 heteroatoms. The van der Waals surface area contributed by atoms with Gasteiger partial charge in [-0.3, -0.25) is 4.79 Å². The molecule has 0 unspecified atom stereocenters. The molecular formula is C22H28N4O2. The fourth-order valence-corrected chi connectivity index (χ4v) is 4.18. The second-order valence-electron chi connectivity index (χ2n) is 7.65. The summed E-state index contributed by atoms with van der Waals surface area (Å²) in [4.78, 5) is 24.4. The molecule has 0 saturated carbocycles. The van der Waals surface area contributed by atoms with Gasteiger partial charge in [0.2, 0.25) is 5.91 Å². The van der Waals surface area contributed by atoms with E-state index >= 15 is 0 Å². The topological polar surface area (TPSA) is 78.4 Å². The van der Waals surface area contributed by atoms with Crippen molar-refractivity contribution in [2.75, 3.05) is 31.1 Å². The lowest BCUT2D eigenvalue weighted by atomic mass is 9.95. The first-order chi connectivity index (χ1) is 13.8. The lowest BCUT2D eigenvalue weighted by Gasteiger charge is -2.33. The van der Waals surface area contributed by atoms with Crippen LogP contribution < -0.4 is 10.2 Å². The number of nitrogens with zero attached hydrogens (tertiary/aromatic N) is 3. The molecule has 0 spiro atoms. The number of benzene rings is 1. The summed E-state index contributed by atoms with van der Waals surface area (Å²) >= 11 is 0. The number of amides is 1. The second kappa shape index (κ2) is 8.69. The highest BCUT2D eigenvalue weighted by molar-refractivity contribution is 5.79. The number of nitrogens with one attached hydrogen (secondary N) is 1. The van der Waals surface area contributed by atoms with Crippen LogP contribution in [0.1, 0.15) is 36.9 Å². The minimum absolute atomic E-state index is 0.0541. The predicted molar refractivity (Wildman–Crippen MR) is 109 cm³/mol. The van der Waals surface area contributed by atoms with Crippen molar-refractivity contribution in [1.29, 1.82) is 0 Å². The molecule has 0 atom stereocenters. The Labute approximate surface area is 166 Å². The van der Waals surface area contributed by atoms with Gasteiger partial charge in [-0.05, 0) is 38.5 Å². The standard InChI is InChI=1S/C22H28N4O2/c27-15-5-12-23-22(28)17-10-13-26(14-11-17)21-18-8-4-9-19(18)24-20(25-21)16-6-2-1-3-7-16/h1-3,6-7,17,27H,4-5,8-15H2,(H,23,28). The van der Waals surface area contributed by atoms with Gasteiger partial charge in [-0.1, -0.05) is 30.3 Å². The maximum Gasteiger partial charge on any atom is 0.223 e. The number of aryl methyl sites for hydroxylation is 1. The molecule has 2 aliphatic rings. The number of aliphatic hydroxyl groups excluding tert-OH is 1. The van der Waals surface area contributed by atoms with Crippen molar-refractivity contribution in [3.8, 4) is 11.4 Å². The number of carbonyl (C=O) groups is 1. The number of aliphatic hydroxyl groups is 1. The van der Waals surface area contributed by atoms with Crippen LogP contribution in [-0.4, -0.2) is 47.2 Å². The van der Waals surface area contributed by atoms with E-state index in [0.717, 1.165) is 62.4 Å². The Hall–Kier alpha value is -2.47. The van der Waals surface area contributed by atoms with Gasteiger partial charge in [-0.25, -0.2) is 9.97 Å². The predicted octanol–water partition coefficient (Wildman–Crippen LogP) is 2.35. The van der Waals surface area contributed by atoms with Crippen molar-refractivity contribution >= 4 is 11.7 Å². The van der Waals surface area contributed by atoms with Gasteiger partial charge in [-0.15, -0.1) is 0 Å². The lowest BCUT2D eigenvalue weighted by Crippen LogP contribution is -2.41. The summed E-state index contributed by atoms with van der Waals surface area (Å²) in [7, 11) is 0. The molecule has 1 aliphatic heterocycles. The fraction of sp³-hybridized carbons (Fsp3) is 0.500. The van der Waals surface area contributed by atoms with Gasteiger partial charge < -0.3 is 15.3 Å². The molecule has 0 bridgehead atoms. The normalized spacial score (nSPS) is 16.8. The van der Waals surface area contributed by atoms with Crippen LogP contribution in [0.15, 0.2) is 30.3 Å². The zero-order valence-corrected chi connectivity index (χ0v) is 16.2. The van der Waals surface area contributed by atoms with Gasteiger partial charge in [-0.2, -0.15) is 0 Å². The summed E-state index contributed by atoms with van der Waals surface area (Å²) in [5.74, 6) is 2.05. The highest BCUT2D eigenvalue weighted by Gasteiger charge is 2.29. The van der Waals surface area contributed by atoms with E-state index in [4.69, 9.17) is 15.1 Å². The third-order valence-corrected chi connectivity index (χ3v) is 5.74. The molecule has 0 radical (unpaired) electrons. The van der Waals surface area contributed by atoms with Crippen LogP contribution in [0.3, 0.4) is 0 Å². The number of hydrogen-bond donors (Lipinski definition) is 2. The Balaban J connectivity index is 1.49. The van der Waals surface area contributed by atoms with E-state index < -0.39 is 0 Å². The summed E-state index contributed by atoms with van der Waals surface area (Å²) in [5.41, 5.74) is 3.54. The van der Waals surface area contributed by atoms with Crippen molar-refractivity contribution < 1.29 is 9.90 Å². The maximum absolute atomic E-state index is 12.3. The van der Waals surface area contributed by atoms with Crippen LogP contribution in [0.4, 0.5) is 5.82 Å². The van der Waals surface area contributed by atoms with Gasteiger partial charge >= 0.3 is 0 Å². The van der Waals surface area contributed by atoms with E-state index in [-0.39, 0.29) is 18.4 Å². The summed E-state index contributed by atoms with van der Waals surface area (Å²) in [6, 6.07) is 10.2. The van der Waals surface area contributed by atoms with Crippen LogP contribution in [0.2, 0.25) is 0 Å². The highest BCUT2D eigenvalue weighted by Crippen LogP contribution is 2.33. The Morgan fingerprint density at radius 1 is 1.14 bits per heavy atom. The first kappa shape index (κ1) is 18.9. The van der Waals surface area contributed by atoms with Crippen molar-refractivity contribution in [3.63, 3.8) is 0 Å². The monoisotopic (exact) mass is 380 g/mol. The molecule has 28 heavy (non-hydrogen) atoms. The quantitative estimate of drug-likeness (QED) is 0.752. The zero-order valence-electron chi connectivity index (χ0n) is 16.2. The van der Waals surface area contributed by atoms with Crippen LogP contribution in [0.25, 0.3) is 11.4 Å². The molecule has 4 rings (SSSR count). The lowest BCUT2D eigenvalue weighted by molar-refractivity contribution is -0.125. The van der Waals surface area contributed by atoms with Crippen LogP contribution in [-0.2, 0) is 17.6 Å². The molecule has 1 aromatic heterocycles. The largest absolute Gasteiger partial charge is 0.396 e. The molecule has 2 heterocycles. The fourth-order valence-electron chi connectivity index (χ4n) is 4.18. The molecular weight excluding hydrogens is 352 g/mol. The number of piperidine rings is 1. The minimum atomic E-state index is 0.0541. The molecule has 2 N–H and O–H groups in total. The summed E-state index contributed by atoms with van der Waals surface area (Å²) in [5, 5.41) is 11.8.